The molecule has 1 heterocycles. The highest BCUT2D eigenvalue weighted by Crippen LogP contribution is 2.30. The number of benzene rings is 1. The number of aryl methyl sites for hydroxylation is 1. The van der Waals surface area contributed by atoms with Gasteiger partial charge in [-0.3, -0.25) is 4.98 Å². The van der Waals surface area contributed by atoms with E-state index < -0.39 is 0 Å². The summed E-state index contributed by atoms with van der Waals surface area (Å²) >= 11 is 7.05. The van der Waals surface area contributed by atoms with Gasteiger partial charge in [-0.25, -0.2) is 0 Å². The largest absolute Gasteiger partial charge is 0.305 e. The average Bonchev–Trinajstić information content (AvgIpc) is 2.38. The highest BCUT2D eigenvalue weighted by Gasteiger charge is 2.18. The molecule has 0 saturated carbocycles. The van der Waals surface area contributed by atoms with E-state index in [2.05, 4.69) is 80.3 Å². The summed E-state index contributed by atoms with van der Waals surface area (Å²) in [7, 11) is 0. The summed E-state index contributed by atoms with van der Waals surface area (Å²) in [5, 5.41) is 3.51. The van der Waals surface area contributed by atoms with E-state index in [0.29, 0.717) is 0 Å². The molecule has 2 aromatic rings. The predicted octanol–water partition coefficient (Wildman–Crippen LogP) is 4.61. The van der Waals surface area contributed by atoms with Crippen LogP contribution in [0.3, 0.4) is 0 Å². The van der Waals surface area contributed by atoms with Gasteiger partial charge in [-0.1, -0.05) is 31.2 Å². The molecule has 0 aliphatic rings. The minimum atomic E-state index is 0.105. The van der Waals surface area contributed by atoms with Crippen LogP contribution < -0.4 is 5.32 Å². The standard InChI is InChI=1S/C15H16Br2N2/c1-3-18-14(12-7-5-4-6-10(12)2)15-13(17)8-11(16)9-19-15/h4-9,14,18H,3H2,1-2H3. The van der Waals surface area contributed by atoms with Crippen LogP contribution in [0.1, 0.15) is 29.8 Å². The lowest BCUT2D eigenvalue weighted by atomic mass is 9.98. The van der Waals surface area contributed by atoms with Gasteiger partial charge in [0.15, 0.2) is 0 Å². The monoisotopic (exact) mass is 382 g/mol. The van der Waals surface area contributed by atoms with E-state index in [-0.39, 0.29) is 6.04 Å². The number of nitrogens with one attached hydrogen (secondary N) is 1. The minimum absolute atomic E-state index is 0.105. The first-order valence-corrected chi connectivity index (χ1v) is 7.82. The van der Waals surface area contributed by atoms with Gasteiger partial charge in [-0.15, -0.1) is 0 Å². The Morgan fingerprint density at radius 2 is 2.00 bits per heavy atom. The first-order valence-electron chi connectivity index (χ1n) is 6.23. The Balaban J connectivity index is 2.48. The molecule has 0 radical (unpaired) electrons. The summed E-state index contributed by atoms with van der Waals surface area (Å²) in [6.45, 7) is 5.13. The molecule has 2 rings (SSSR count). The second-order valence-electron chi connectivity index (χ2n) is 4.37. The molecule has 1 N–H and O–H groups in total. The zero-order valence-corrected chi connectivity index (χ0v) is 14.1. The van der Waals surface area contributed by atoms with Crippen molar-refractivity contribution in [2.24, 2.45) is 0 Å². The Morgan fingerprint density at radius 3 is 2.63 bits per heavy atom. The number of nitrogens with zero attached hydrogens (tertiary/aromatic N) is 1. The smallest absolute Gasteiger partial charge is 0.0765 e. The normalized spacial score (nSPS) is 12.4. The first kappa shape index (κ1) is 14.7. The maximum atomic E-state index is 4.56. The van der Waals surface area contributed by atoms with Crippen molar-refractivity contribution in [3.63, 3.8) is 0 Å². The molecule has 0 saturated heterocycles. The quantitative estimate of drug-likeness (QED) is 0.833. The van der Waals surface area contributed by atoms with E-state index in [1.54, 1.807) is 0 Å². The molecule has 0 bridgehead atoms. The second-order valence-corrected chi connectivity index (χ2v) is 6.14. The number of rotatable bonds is 4. The molecule has 4 heteroatoms. The molecular formula is C15H16Br2N2. The van der Waals surface area contributed by atoms with Gasteiger partial charge in [0.1, 0.15) is 0 Å². The molecule has 19 heavy (non-hydrogen) atoms. The van der Waals surface area contributed by atoms with Crippen molar-refractivity contribution < 1.29 is 0 Å². The third-order valence-corrected chi connectivity index (χ3v) is 4.09. The molecule has 1 atom stereocenters. The molecule has 0 fully saturated rings. The van der Waals surface area contributed by atoms with E-state index in [4.69, 9.17) is 0 Å². The summed E-state index contributed by atoms with van der Waals surface area (Å²) in [5.41, 5.74) is 3.55. The fourth-order valence-electron chi connectivity index (χ4n) is 2.11. The average molecular weight is 384 g/mol. The van der Waals surface area contributed by atoms with Crippen molar-refractivity contribution in [3.05, 3.63) is 62.3 Å². The fourth-order valence-corrected chi connectivity index (χ4v) is 3.32. The Labute approximate surface area is 130 Å². The number of hydrogen-bond acceptors (Lipinski definition) is 2. The Morgan fingerprint density at radius 1 is 1.26 bits per heavy atom. The maximum Gasteiger partial charge on any atom is 0.0765 e. The Hall–Kier alpha value is -0.710. The molecule has 0 aliphatic carbocycles. The van der Waals surface area contributed by atoms with Crippen molar-refractivity contribution in [1.82, 2.24) is 10.3 Å². The molecule has 1 unspecified atom stereocenters. The minimum Gasteiger partial charge on any atom is -0.305 e. The molecule has 1 aromatic heterocycles. The van der Waals surface area contributed by atoms with Crippen LogP contribution in [0.5, 0.6) is 0 Å². The first-order chi connectivity index (χ1) is 9.13. The highest BCUT2D eigenvalue weighted by molar-refractivity contribution is 9.11. The van der Waals surface area contributed by atoms with E-state index >= 15 is 0 Å². The van der Waals surface area contributed by atoms with Gasteiger partial charge >= 0.3 is 0 Å². The van der Waals surface area contributed by atoms with Crippen molar-refractivity contribution in [1.29, 1.82) is 0 Å². The summed E-state index contributed by atoms with van der Waals surface area (Å²) in [6, 6.07) is 10.6. The summed E-state index contributed by atoms with van der Waals surface area (Å²) < 4.78 is 1.99. The van der Waals surface area contributed by atoms with Gasteiger partial charge in [0, 0.05) is 15.1 Å². The van der Waals surface area contributed by atoms with Crippen molar-refractivity contribution >= 4 is 31.9 Å². The van der Waals surface area contributed by atoms with Crippen LogP contribution in [0.25, 0.3) is 0 Å². The topological polar surface area (TPSA) is 24.9 Å². The summed E-state index contributed by atoms with van der Waals surface area (Å²) in [6.07, 6.45) is 1.84. The van der Waals surface area contributed by atoms with Crippen LogP contribution in [0.4, 0.5) is 0 Å². The molecular weight excluding hydrogens is 368 g/mol. The van der Waals surface area contributed by atoms with Gasteiger partial charge in [-0.05, 0) is 62.5 Å². The number of aromatic nitrogens is 1. The Bertz CT molecular complexity index is 570. The molecule has 100 valence electrons. The van der Waals surface area contributed by atoms with Crippen LogP contribution in [-0.4, -0.2) is 11.5 Å². The number of pyridine rings is 1. The zero-order chi connectivity index (χ0) is 13.8. The zero-order valence-electron chi connectivity index (χ0n) is 11.0. The van der Waals surface area contributed by atoms with Crippen LogP contribution >= 0.6 is 31.9 Å². The van der Waals surface area contributed by atoms with Crippen molar-refractivity contribution in [2.75, 3.05) is 6.54 Å². The van der Waals surface area contributed by atoms with Gasteiger partial charge in [0.25, 0.3) is 0 Å². The third kappa shape index (κ3) is 3.44. The van der Waals surface area contributed by atoms with E-state index in [1.165, 1.54) is 11.1 Å². The molecule has 2 nitrogen and oxygen atoms in total. The van der Waals surface area contributed by atoms with E-state index in [9.17, 15) is 0 Å². The predicted molar refractivity (Wildman–Crippen MR) is 86.3 cm³/mol. The number of hydrogen-bond donors (Lipinski definition) is 1. The van der Waals surface area contributed by atoms with Crippen LogP contribution in [0.15, 0.2) is 45.5 Å². The number of halogens is 2. The summed E-state index contributed by atoms with van der Waals surface area (Å²) in [4.78, 5) is 4.56. The third-order valence-electron chi connectivity index (χ3n) is 3.02. The van der Waals surface area contributed by atoms with E-state index in [0.717, 1.165) is 21.2 Å². The van der Waals surface area contributed by atoms with Crippen LogP contribution in [-0.2, 0) is 0 Å². The Kier molecular flexibility index (Phi) is 5.13. The SMILES string of the molecule is CCNC(c1ccccc1C)c1ncc(Br)cc1Br. The lowest BCUT2D eigenvalue weighted by Crippen LogP contribution is -2.24. The van der Waals surface area contributed by atoms with E-state index in [1.807, 2.05) is 12.3 Å². The van der Waals surface area contributed by atoms with Crippen LogP contribution in [0.2, 0.25) is 0 Å². The summed E-state index contributed by atoms with van der Waals surface area (Å²) in [5.74, 6) is 0. The highest BCUT2D eigenvalue weighted by atomic mass is 79.9. The van der Waals surface area contributed by atoms with Crippen LogP contribution in [0, 0.1) is 6.92 Å². The molecule has 0 amide bonds. The van der Waals surface area contributed by atoms with Gasteiger partial charge in [0.05, 0.1) is 11.7 Å². The maximum absolute atomic E-state index is 4.56. The van der Waals surface area contributed by atoms with Crippen molar-refractivity contribution in [2.45, 2.75) is 19.9 Å². The molecule has 0 aliphatic heterocycles. The second kappa shape index (κ2) is 6.64. The lowest BCUT2D eigenvalue weighted by molar-refractivity contribution is 0.610. The van der Waals surface area contributed by atoms with Crippen molar-refractivity contribution in [3.8, 4) is 0 Å². The lowest BCUT2D eigenvalue weighted by Gasteiger charge is -2.21. The molecule has 1 aromatic carbocycles. The van der Waals surface area contributed by atoms with Gasteiger partial charge in [0.2, 0.25) is 0 Å². The molecule has 0 spiro atoms. The van der Waals surface area contributed by atoms with Gasteiger partial charge < -0.3 is 5.32 Å². The van der Waals surface area contributed by atoms with Gasteiger partial charge in [-0.2, -0.15) is 0 Å². The fraction of sp³-hybridized carbons (Fsp3) is 0.267.